The molecule has 2 rings (SSSR count). The number of aliphatic hydroxyl groups excluding tert-OH is 1. The summed E-state index contributed by atoms with van der Waals surface area (Å²) in [5, 5.41) is 20.5. The Bertz CT molecular complexity index is 231. The van der Waals surface area contributed by atoms with Crippen molar-refractivity contribution in [3.8, 4) is 0 Å². The predicted octanol–water partition coefficient (Wildman–Crippen LogP) is 0.949. The summed E-state index contributed by atoms with van der Waals surface area (Å²) >= 11 is 0. The van der Waals surface area contributed by atoms with E-state index in [0.29, 0.717) is 0 Å². The highest BCUT2D eigenvalue weighted by atomic mass is 16.4. The van der Waals surface area contributed by atoms with E-state index in [1.807, 2.05) is 0 Å². The lowest BCUT2D eigenvalue weighted by Gasteiger charge is -2.26. The van der Waals surface area contributed by atoms with Gasteiger partial charge in [0.1, 0.15) is 0 Å². The highest BCUT2D eigenvalue weighted by molar-refractivity contribution is 5.66. The standard InChI is InChI=1S/C9H15NO3/c11-6-8-1-3-9(5-8,4-2-8)10-7(12)13/h10-11H,1-6H2,(H,12,13). The molecule has 13 heavy (non-hydrogen) atoms. The van der Waals surface area contributed by atoms with Crippen LogP contribution in [0.4, 0.5) is 4.79 Å². The Labute approximate surface area is 76.9 Å². The molecular weight excluding hydrogens is 170 g/mol. The molecular formula is C9H15NO3. The first-order chi connectivity index (χ1) is 6.10. The number of rotatable bonds is 2. The van der Waals surface area contributed by atoms with Gasteiger partial charge in [-0.25, -0.2) is 4.79 Å². The lowest BCUT2D eigenvalue weighted by molar-refractivity contribution is 0.133. The lowest BCUT2D eigenvalue weighted by Crippen LogP contribution is -2.44. The topological polar surface area (TPSA) is 69.6 Å². The third-order valence-corrected chi connectivity index (χ3v) is 3.69. The van der Waals surface area contributed by atoms with Crippen LogP contribution in [0.15, 0.2) is 0 Å². The summed E-state index contributed by atoms with van der Waals surface area (Å²) in [6, 6.07) is 0. The number of fused-ring (bicyclic) bond motifs is 2. The molecule has 2 aliphatic carbocycles. The van der Waals surface area contributed by atoms with E-state index >= 15 is 0 Å². The minimum atomic E-state index is -0.935. The van der Waals surface area contributed by atoms with Gasteiger partial charge in [0.25, 0.3) is 0 Å². The molecule has 1 amide bonds. The van der Waals surface area contributed by atoms with Crippen LogP contribution in [-0.4, -0.2) is 28.5 Å². The van der Waals surface area contributed by atoms with Gasteiger partial charge in [-0.05, 0) is 37.5 Å². The van der Waals surface area contributed by atoms with Gasteiger partial charge >= 0.3 is 6.09 Å². The van der Waals surface area contributed by atoms with Crippen LogP contribution in [0.1, 0.15) is 32.1 Å². The van der Waals surface area contributed by atoms with Crippen molar-refractivity contribution in [3.63, 3.8) is 0 Å². The molecule has 0 unspecified atom stereocenters. The second kappa shape index (κ2) is 2.61. The second-order valence-electron chi connectivity index (χ2n) is 4.55. The summed E-state index contributed by atoms with van der Waals surface area (Å²) in [4.78, 5) is 10.6. The Morgan fingerprint density at radius 2 is 1.92 bits per heavy atom. The van der Waals surface area contributed by atoms with Crippen molar-refractivity contribution in [1.82, 2.24) is 5.32 Å². The largest absolute Gasteiger partial charge is 0.465 e. The van der Waals surface area contributed by atoms with E-state index < -0.39 is 6.09 Å². The first kappa shape index (κ1) is 8.81. The number of hydrogen-bond donors (Lipinski definition) is 3. The minimum Gasteiger partial charge on any atom is -0.465 e. The average Bonchev–Trinajstić information content (AvgIpc) is 2.59. The lowest BCUT2D eigenvalue weighted by atomic mass is 9.85. The fourth-order valence-electron chi connectivity index (χ4n) is 2.94. The molecule has 0 atom stereocenters. The minimum absolute atomic E-state index is 0.0302. The van der Waals surface area contributed by atoms with Gasteiger partial charge in [0, 0.05) is 12.1 Å². The molecule has 3 N–H and O–H groups in total. The van der Waals surface area contributed by atoms with Gasteiger partial charge in [-0.2, -0.15) is 0 Å². The Morgan fingerprint density at radius 1 is 1.31 bits per heavy atom. The van der Waals surface area contributed by atoms with E-state index in [2.05, 4.69) is 5.32 Å². The summed E-state index contributed by atoms with van der Waals surface area (Å²) in [6.07, 6.45) is 3.59. The van der Waals surface area contributed by atoms with E-state index in [1.54, 1.807) is 0 Å². The van der Waals surface area contributed by atoms with Gasteiger partial charge < -0.3 is 15.5 Å². The average molecular weight is 185 g/mol. The third-order valence-electron chi connectivity index (χ3n) is 3.69. The first-order valence-corrected chi connectivity index (χ1v) is 4.72. The smallest absolute Gasteiger partial charge is 0.405 e. The Morgan fingerprint density at radius 3 is 2.31 bits per heavy atom. The third kappa shape index (κ3) is 1.29. The zero-order chi connectivity index (χ0) is 9.53. The Hall–Kier alpha value is -0.770. The van der Waals surface area contributed by atoms with Crippen molar-refractivity contribution >= 4 is 6.09 Å². The molecule has 74 valence electrons. The number of amides is 1. The quantitative estimate of drug-likeness (QED) is 0.600. The molecule has 2 saturated carbocycles. The first-order valence-electron chi connectivity index (χ1n) is 4.72. The molecule has 0 aliphatic heterocycles. The maximum Gasteiger partial charge on any atom is 0.405 e. The number of nitrogens with one attached hydrogen (secondary N) is 1. The van der Waals surface area contributed by atoms with Crippen molar-refractivity contribution in [2.45, 2.75) is 37.6 Å². The molecule has 2 bridgehead atoms. The van der Waals surface area contributed by atoms with Crippen LogP contribution in [0.2, 0.25) is 0 Å². The molecule has 0 heterocycles. The number of carbonyl (C=O) groups is 1. The van der Waals surface area contributed by atoms with Crippen molar-refractivity contribution < 1.29 is 15.0 Å². The normalized spacial score (nSPS) is 42.2. The zero-order valence-corrected chi connectivity index (χ0v) is 7.55. The van der Waals surface area contributed by atoms with Crippen LogP contribution in [-0.2, 0) is 0 Å². The van der Waals surface area contributed by atoms with Crippen molar-refractivity contribution in [2.24, 2.45) is 5.41 Å². The summed E-state index contributed by atoms with van der Waals surface area (Å²) < 4.78 is 0. The summed E-state index contributed by atoms with van der Waals surface area (Å²) in [6.45, 7) is 0.204. The van der Waals surface area contributed by atoms with Crippen LogP contribution >= 0.6 is 0 Å². The maximum absolute atomic E-state index is 10.6. The number of carboxylic acid groups (broad SMARTS) is 1. The second-order valence-corrected chi connectivity index (χ2v) is 4.55. The van der Waals surface area contributed by atoms with E-state index in [0.717, 1.165) is 32.1 Å². The maximum atomic E-state index is 10.6. The fraction of sp³-hybridized carbons (Fsp3) is 0.889. The number of hydrogen-bond acceptors (Lipinski definition) is 2. The van der Waals surface area contributed by atoms with E-state index in [-0.39, 0.29) is 17.6 Å². The molecule has 0 saturated heterocycles. The highest BCUT2D eigenvalue weighted by Gasteiger charge is 2.54. The molecule has 0 aromatic carbocycles. The Kier molecular flexibility index (Phi) is 1.77. The van der Waals surface area contributed by atoms with Crippen LogP contribution < -0.4 is 5.32 Å². The van der Waals surface area contributed by atoms with Gasteiger partial charge in [-0.15, -0.1) is 0 Å². The highest BCUT2D eigenvalue weighted by Crippen LogP contribution is 2.55. The molecule has 0 aromatic rings. The SMILES string of the molecule is O=C(O)NC12CCC(CO)(CC1)C2. The van der Waals surface area contributed by atoms with Gasteiger partial charge in [0.2, 0.25) is 0 Å². The number of aliphatic hydroxyl groups is 1. The van der Waals surface area contributed by atoms with Gasteiger partial charge in [-0.1, -0.05) is 0 Å². The van der Waals surface area contributed by atoms with Crippen molar-refractivity contribution in [1.29, 1.82) is 0 Å². The van der Waals surface area contributed by atoms with Gasteiger partial charge in [0.15, 0.2) is 0 Å². The molecule has 2 fully saturated rings. The van der Waals surface area contributed by atoms with E-state index in [9.17, 15) is 9.90 Å². The molecule has 0 spiro atoms. The van der Waals surface area contributed by atoms with Crippen molar-refractivity contribution in [3.05, 3.63) is 0 Å². The molecule has 0 radical (unpaired) electrons. The van der Waals surface area contributed by atoms with Crippen LogP contribution in [0.25, 0.3) is 0 Å². The molecule has 4 nitrogen and oxygen atoms in total. The summed E-state index contributed by atoms with van der Waals surface area (Å²) in [5.41, 5.74) is -0.184. The molecule has 4 heteroatoms. The van der Waals surface area contributed by atoms with E-state index in [4.69, 9.17) is 5.11 Å². The molecule has 0 aromatic heterocycles. The monoisotopic (exact) mass is 185 g/mol. The predicted molar refractivity (Wildman–Crippen MR) is 46.5 cm³/mol. The Balaban J connectivity index is 2.09. The van der Waals surface area contributed by atoms with Crippen LogP contribution in [0.5, 0.6) is 0 Å². The van der Waals surface area contributed by atoms with Crippen LogP contribution in [0.3, 0.4) is 0 Å². The fourth-order valence-corrected chi connectivity index (χ4v) is 2.94. The molecule has 2 aliphatic rings. The van der Waals surface area contributed by atoms with Crippen molar-refractivity contribution in [2.75, 3.05) is 6.61 Å². The summed E-state index contributed by atoms with van der Waals surface area (Å²) in [5.74, 6) is 0. The summed E-state index contributed by atoms with van der Waals surface area (Å²) in [7, 11) is 0. The van der Waals surface area contributed by atoms with E-state index in [1.165, 1.54) is 0 Å². The zero-order valence-electron chi connectivity index (χ0n) is 7.55. The van der Waals surface area contributed by atoms with Crippen LogP contribution in [0, 0.1) is 5.41 Å². The van der Waals surface area contributed by atoms with Gasteiger partial charge in [-0.3, -0.25) is 0 Å². The van der Waals surface area contributed by atoms with Gasteiger partial charge in [0.05, 0.1) is 0 Å².